The maximum Gasteiger partial charge on any atom is 0.149 e. The number of rotatable bonds is 0. The highest BCUT2D eigenvalue weighted by atomic mass is 79.9. The van der Waals surface area contributed by atoms with E-state index in [4.69, 9.17) is 8.83 Å². The van der Waals surface area contributed by atoms with Crippen molar-refractivity contribution >= 4 is 42.8 Å². The van der Waals surface area contributed by atoms with Crippen LogP contribution in [0.25, 0.3) is 22.3 Å². The third kappa shape index (κ3) is 2.03. The SMILES string of the molecule is Cc1cc2c(o1)-c1c(oc3c(Br)cc(Br)cc13)CCC2C. The van der Waals surface area contributed by atoms with Crippen molar-refractivity contribution in [3.63, 3.8) is 0 Å². The second-order valence-electron chi connectivity index (χ2n) is 5.75. The fourth-order valence-electron chi connectivity index (χ4n) is 3.20. The second-order valence-corrected chi connectivity index (χ2v) is 7.52. The van der Waals surface area contributed by atoms with Gasteiger partial charge < -0.3 is 8.83 Å². The minimum atomic E-state index is 0.491. The van der Waals surface area contributed by atoms with E-state index in [-0.39, 0.29) is 0 Å². The number of fused-ring (bicyclic) bond motifs is 5. The zero-order valence-electron chi connectivity index (χ0n) is 11.8. The predicted octanol–water partition coefficient (Wildman–Crippen LogP) is 6.58. The standard InChI is InChI=1S/C17H14Br2O2/c1-8-3-4-14-15(17-11(8)5-9(2)20-17)12-6-10(18)7-13(19)16(12)21-14/h5-8H,3-4H2,1-2H3. The Kier molecular flexibility index (Phi) is 3.09. The lowest BCUT2D eigenvalue weighted by Crippen LogP contribution is -1.91. The smallest absolute Gasteiger partial charge is 0.149 e. The van der Waals surface area contributed by atoms with Crippen molar-refractivity contribution < 1.29 is 8.83 Å². The molecule has 1 atom stereocenters. The van der Waals surface area contributed by atoms with E-state index in [1.54, 1.807) is 0 Å². The molecule has 0 N–H and O–H groups in total. The molecule has 3 aromatic rings. The van der Waals surface area contributed by atoms with Crippen molar-refractivity contribution in [2.45, 2.75) is 32.6 Å². The van der Waals surface area contributed by atoms with Crippen LogP contribution in [0.15, 0.2) is 36.0 Å². The van der Waals surface area contributed by atoms with Crippen molar-refractivity contribution in [2.24, 2.45) is 0 Å². The highest BCUT2D eigenvalue weighted by Crippen LogP contribution is 2.46. The van der Waals surface area contributed by atoms with Gasteiger partial charge >= 0.3 is 0 Å². The first kappa shape index (κ1) is 13.6. The van der Waals surface area contributed by atoms with Crippen molar-refractivity contribution in [3.8, 4) is 11.3 Å². The van der Waals surface area contributed by atoms with Gasteiger partial charge in [0.2, 0.25) is 0 Å². The van der Waals surface area contributed by atoms with E-state index in [1.165, 1.54) is 5.56 Å². The summed E-state index contributed by atoms with van der Waals surface area (Å²) in [6.07, 6.45) is 2.02. The van der Waals surface area contributed by atoms with Crippen LogP contribution >= 0.6 is 31.9 Å². The van der Waals surface area contributed by atoms with E-state index in [1.807, 2.05) is 13.0 Å². The van der Waals surface area contributed by atoms with Gasteiger partial charge in [-0.2, -0.15) is 0 Å². The zero-order valence-corrected chi connectivity index (χ0v) is 15.0. The van der Waals surface area contributed by atoms with Gasteiger partial charge in [0.25, 0.3) is 0 Å². The number of benzene rings is 1. The molecular weight excluding hydrogens is 396 g/mol. The van der Waals surface area contributed by atoms with Crippen LogP contribution in [0, 0.1) is 6.92 Å². The Morgan fingerprint density at radius 2 is 1.95 bits per heavy atom. The Morgan fingerprint density at radius 3 is 2.76 bits per heavy atom. The molecule has 0 radical (unpaired) electrons. The van der Waals surface area contributed by atoms with Gasteiger partial charge in [0.05, 0.1) is 10.0 Å². The minimum absolute atomic E-state index is 0.491. The highest BCUT2D eigenvalue weighted by Gasteiger charge is 2.28. The number of aryl methyl sites for hydroxylation is 2. The summed E-state index contributed by atoms with van der Waals surface area (Å²) in [4.78, 5) is 0. The number of hydrogen-bond acceptors (Lipinski definition) is 2. The highest BCUT2D eigenvalue weighted by molar-refractivity contribution is 9.11. The van der Waals surface area contributed by atoms with Gasteiger partial charge in [-0.05, 0) is 53.4 Å². The van der Waals surface area contributed by atoms with Crippen LogP contribution in [0.4, 0.5) is 0 Å². The lowest BCUT2D eigenvalue weighted by atomic mass is 9.98. The van der Waals surface area contributed by atoms with Crippen molar-refractivity contribution in [3.05, 3.63) is 44.2 Å². The first-order valence-corrected chi connectivity index (χ1v) is 8.64. The molecule has 1 aliphatic carbocycles. The fourth-order valence-corrected chi connectivity index (χ4v) is 4.50. The van der Waals surface area contributed by atoms with Crippen LogP contribution in [-0.4, -0.2) is 0 Å². The Morgan fingerprint density at radius 1 is 1.14 bits per heavy atom. The quantitative estimate of drug-likeness (QED) is 0.419. The normalized spacial score (nSPS) is 17.6. The molecule has 0 aliphatic heterocycles. The number of halogens is 2. The van der Waals surface area contributed by atoms with Crippen LogP contribution in [0.3, 0.4) is 0 Å². The van der Waals surface area contributed by atoms with Crippen molar-refractivity contribution in [1.29, 1.82) is 0 Å². The van der Waals surface area contributed by atoms with E-state index < -0.39 is 0 Å². The van der Waals surface area contributed by atoms with Crippen molar-refractivity contribution in [2.75, 3.05) is 0 Å². The molecule has 2 heterocycles. The lowest BCUT2D eigenvalue weighted by molar-refractivity contribution is 0.525. The Bertz CT molecular complexity index is 857. The summed E-state index contributed by atoms with van der Waals surface area (Å²) in [7, 11) is 0. The van der Waals surface area contributed by atoms with Gasteiger partial charge in [0, 0.05) is 21.8 Å². The van der Waals surface area contributed by atoms with Crippen LogP contribution < -0.4 is 0 Å². The Balaban J connectivity index is 2.12. The monoisotopic (exact) mass is 408 g/mol. The first-order chi connectivity index (χ1) is 10.0. The van der Waals surface area contributed by atoms with Crippen LogP contribution in [0.2, 0.25) is 0 Å². The second kappa shape index (κ2) is 4.75. The maximum absolute atomic E-state index is 6.14. The van der Waals surface area contributed by atoms with E-state index in [9.17, 15) is 0 Å². The molecule has 0 spiro atoms. The summed E-state index contributed by atoms with van der Waals surface area (Å²) in [6, 6.07) is 6.29. The van der Waals surface area contributed by atoms with Crippen molar-refractivity contribution in [1.82, 2.24) is 0 Å². The molecule has 0 amide bonds. The van der Waals surface area contributed by atoms with Crippen LogP contribution in [-0.2, 0) is 6.42 Å². The van der Waals surface area contributed by atoms with E-state index >= 15 is 0 Å². The molecule has 108 valence electrons. The fraction of sp³-hybridized carbons (Fsp3) is 0.294. The molecule has 2 nitrogen and oxygen atoms in total. The van der Waals surface area contributed by atoms with Gasteiger partial charge in [0.1, 0.15) is 22.9 Å². The molecule has 1 aliphatic rings. The summed E-state index contributed by atoms with van der Waals surface area (Å²) < 4.78 is 14.2. The molecule has 21 heavy (non-hydrogen) atoms. The largest absolute Gasteiger partial charge is 0.461 e. The van der Waals surface area contributed by atoms with E-state index in [0.29, 0.717) is 5.92 Å². The average molecular weight is 410 g/mol. The summed E-state index contributed by atoms with van der Waals surface area (Å²) in [5, 5.41) is 1.11. The van der Waals surface area contributed by atoms with E-state index in [0.717, 1.165) is 55.6 Å². The summed E-state index contributed by atoms with van der Waals surface area (Å²) in [6.45, 7) is 4.27. The van der Waals surface area contributed by atoms with E-state index in [2.05, 4.69) is 50.9 Å². The van der Waals surface area contributed by atoms with Gasteiger partial charge in [0.15, 0.2) is 0 Å². The summed E-state index contributed by atoms with van der Waals surface area (Å²) in [5.41, 5.74) is 3.32. The molecule has 1 unspecified atom stereocenters. The topological polar surface area (TPSA) is 26.3 Å². The molecular formula is C17H14Br2O2. The van der Waals surface area contributed by atoms with Gasteiger partial charge in [-0.3, -0.25) is 0 Å². The molecule has 4 rings (SSSR count). The maximum atomic E-state index is 6.14. The van der Waals surface area contributed by atoms with Crippen LogP contribution in [0.1, 0.15) is 36.3 Å². The average Bonchev–Trinajstić information content (AvgIpc) is 2.93. The van der Waals surface area contributed by atoms with Gasteiger partial charge in [-0.15, -0.1) is 0 Å². The summed E-state index contributed by atoms with van der Waals surface area (Å²) in [5.74, 6) is 3.47. The van der Waals surface area contributed by atoms with Gasteiger partial charge in [-0.25, -0.2) is 0 Å². The Hall–Kier alpha value is -1.000. The lowest BCUT2D eigenvalue weighted by Gasteiger charge is -2.06. The predicted molar refractivity (Wildman–Crippen MR) is 90.8 cm³/mol. The molecule has 0 fully saturated rings. The van der Waals surface area contributed by atoms with Crippen LogP contribution in [0.5, 0.6) is 0 Å². The number of furan rings is 2. The first-order valence-electron chi connectivity index (χ1n) is 7.05. The number of hydrogen-bond donors (Lipinski definition) is 0. The molecule has 4 heteroatoms. The molecule has 0 bridgehead atoms. The zero-order chi connectivity index (χ0) is 14.7. The third-order valence-electron chi connectivity index (χ3n) is 4.23. The Labute approximate surface area is 139 Å². The third-order valence-corrected chi connectivity index (χ3v) is 5.28. The molecule has 1 aromatic carbocycles. The summed E-state index contributed by atoms with van der Waals surface area (Å²) >= 11 is 7.17. The minimum Gasteiger partial charge on any atom is -0.461 e. The molecule has 2 aromatic heterocycles. The molecule has 0 saturated carbocycles. The molecule has 0 saturated heterocycles. The van der Waals surface area contributed by atoms with Gasteiger partial charge in [-0.1, -0.05) is 22.9 Å².